The fourth-order valence-electron chi connectivity index (χ4n) is 2.90. The zero-order chi connectivity index (χ0) is 20.1. The van der Waals surface area contributed by atoms with E-state index in [1.54, 1.807) is 18.5 Å². The summed E-state index contributed by atoms with van der Waals surface area (Å²) >= 11 is 5.25. The highest BCUT2D eigenvalue weighted by molar-refractivity contribution is 7.80. The minimum Gasteiger partial charge on any atom is -0.331 e. The van der Waals surface area contributed by atoms with E-state index in [0.29, 0.717) is 11.3 Å². The van der Waals surface area contributed by atoms with Gasteiger partial charge in [-0.15, -0.1) is 0 Å². The average Bonchev–Trinajstić information content (AvgIpc) is 2.78. The minimum atomic E-state index is -0.309. The number of para-hydroxylation sites is 2. The van der Waals surface area contributed by atoms with Crippen LogP contribution < -0.4 is 16.2 Å². The van der Waals surface area contributed by atoms with Crippen molar-refractivity contribution in [2.45, 2.75) is 0 Å². The quantitative estimate of drug-likeness (QED) is 0.358. The lowest BCUT2D eigenvalue weighted by Crippen LogP contribution is -2.43. The molecule has 0 radical (unpaired) electrons. The molecule has 3 N–H and O–H groups in total. The van der Waals surface area contributed by atoms with Crippen LogP contribution in [-0.2, 0) is 0 Å². The molecular weight excluding hydrogens is 382 g/mol. The molecule has 0 fully saturated rings. The van der Waals surface area contributed by atoms with Crippen LogP contribution in [0.25, 0.3) is 22.2 Å². The van der Waals surface area contributed by atoms with E-state index >= 15 is 0 Å². The molecule has 2 aromatic carbocycles. The van der Waals surface area contributed by atoms with Gasteiger partial charge in [-0.3, -0.25) is 20.6 Å². The van der Waals surface area contributed by atoms with Crippen LogP contribution >= 0.6 is 12.2 Å². The largest absolute Gasteiger partial charge is 0.331 e. The van der Waals surface area contributed by atoms with E-state index in [9.17, 15) is 4.79 Å². The molecule has 29 heavy (non-hydrogen) atoms. The van der Waals surface area contributed by atoms with Crippen LogP contribution in [-0.4, -0.2) is 21.0 Å². The number of fused-ring (bicyclic) bond motifs is 1. The summed E-state index contributed by atoms with van der Waals surface area (Å²) < 4.78 is 0. The number of nitrogens with zero attached hydrogens (tertiary/aromatic N) is 2. The molecule has 0 saturated heterocycles. The molecule has 2 heterocycles. The monoisotopic (exact) mass is 399 g/mol. The van der Waals surface area contributed by atoms with Gasteiger partial charge in [-0.05, 0) is 48.6 Å². The number of benzene rings is 2. The standard InChI is InChI=1S/C22H17N5OS/c28-21(26-27-22(29)24-16-6-2-1-3-7-16)18-14-20(15-10-12-23-13-11-15)25-19-9-5-4-8-17(18)19/h1-14H,(H,26,28)(H2,24,27,29). The molecule has 0 atom stereocenters. The van der Waals surface area contributed by atoms with Gasteiger partial charge >= 0.3 is 0 Å². The second kappa shape index (κ2) is 8.45. The van der Waals surface area contributed by atoms with E-state index < -0.39 is 0 Å². The summed E-state index contributed by atoms with van der Waals surface area (Å²) in [4.78, 5) is 21.6. The lowest BCUT2D eigenvalue weighted by atomic mass is 10.0. The smallest absolute Gasteiger partial charge is 0.270 e. The van der Waals surface area contributed by atoms with Crippen molar-refractivity contribution in [2.24, 2.45) is 0 Å². The van der Waals surface area contributed by atoms with Gasteiger partial charge in [-0.25, -0.2) is 4.98 Å². The van der Waals surface area contributed by atoms with Crippen molar-refractivity contribution in [1.82, 2.24) is 20.8 Å². The van der Waals surface area contributed by atoms with Crippen LogP contribution in [0.5, 0.6) is 0 Å². The number of amides is 1. The Balaban J connectivity index is 1.57. The molecule has 4 rings (SSSR count). The Morgan fingerprint density at radius 2 is 1.59 bits per heavy atom. The molecule has 0 aliphatic rings. The first-order valence-corrected chi connectivity index (χ1v) is 9.34. The number of thiocarbonyl (C=S) groups is 1. The van der Waals surface area contributed by atoms with Crippen molar-refractivity contribution >= 4 is 39.8 Å². The van der Waals surface area contributed by atoms with Crippen LogP contribution in [0.15, 0.2) is 85.2 Å². The summed E-state index contributed by atoms with van der Waals surface area (Å²) in [5.74, 6) is -0.309. The molecule has 4 aromatic rings. The van der Waals surface area contributed by atoms with Crippen LogP contribution in [0, 0.1) is 0 Å². The Morgan fingerprint density at radius 1 is 0.862 bits per heavy atom. The zero-order valence-corrected chi connectivity index (χ0v) is 16.1. The summed E-state index contributed by atoms with van der Waals surface area (Å²) in [6.45, 7) is 0. The van der Waals surface area contributed by atoms with E-state index in [1.807, 2.05) is 66.7 Å². The Kier molecular flexibility index (Phi) is 5.40. The topological polar surface area (TPSA) is 78.9 Å². The number of rotatable bonds is 3. The van der Waals surface area contributed by atoms with Crippen molar-refractivity contribution in [1.29, 1.82) is 0 Å². The predicted molar refractivity (Wildman–Crippen MR) is 118 cm³/mol. The first kappa shape index (κ1) is 18.5. The molecule has 1 amide bonds. The molecule has 0 aliphatic heterocycles. The van der Waals surface area contributed by atoms with Crippen molar-refractivity contribution in [2.75, 3.05) is 5.32 Å². The number of pyridine rings is 2. The van der Waals surface area contributed by atoms with Crippen LogP contribution in [0.1, 0.15) is 10.4 Å². The van der Waals surface area contributed by atoms with Crippen molar-refractivity contribution < 1.29 is 4.79 Å². The molecule has 0 saturated carbocycles. The number of aromatic nitrogens is 2. The second-order valence-electron chi connectivity index (χ2n) is 6.21. The predicted octanol–water partition coefficient (Wildman–Crippen LogP) is 3.93. The van der Waals surface area contributed by atoms with Crippen molar-refractivity contribution in [3.05, 3.63) is 90.8 Å². The van der Waals surface area contributed by atoms with E-state index in [-0.39, 0.29) is 11.0 Å². The van der Waals surface area contributed by atoms with Gasteiger partial charge in [-0.1, -0.05) is 36.4 Å². The van der Waals surface area contributed by atoms with Gasteiger partial charge in [0.2, 0.25) is 0 Å². The molecule has 6 nitrogen and oxygen atoms in total. The van der Waals surface area contributed by atoms with E-state index in [2.05, 4.69) is 26.1 Å². The third-order valence-corrected chi connectivity index (χ3v) is 4.46. The van der Waals surface area contributed by atoms with Crippen LogP contribution in [0.2, 0.25) is 0 Å². The Hall–Kier alpha value is -3.84. The lowest BCUT2D eigenvalue weighted by Gasteiger charge is -2.13. The van der Waals surface area contributed by atoms with Gasteiger partial charge in [-0.2, -0.15) is 0 Å². The number of anilines is 1. The van der Waals surface area contributed by atoms with E-state index in [1.165, 1.54) is 0 Å². The number of carbonyl (C=O) groups is 1. The highest BCUT2D eigenvalue weighted by Crippen LogP contribution is 2.24. The maximum absolute atomic E-state index is 12.9. The zero-order valence-electron chi connectivity index (χ0n) is 15.3. The van der Waals surface area contributed by atoms with Crippen LogP contribution in [0.4, 0.5) is 5.69 Å². The summed E-state index contributed by atoms with van der Waals surface area (Å²) in [6, 6.07) is 22.5. The minimum absolute atomic E-state index is 0.289. The van der Waals surface area contributed by atoms with Gasteiger partial charge in [0.25, 0.3) is 5.91 Å². The lowest BCUT2D eigenvalue weighted by molar-refractivity contribution is 0.0946. The number of nitrogens with one attached hydrogen (secondary N) is 3. The third kappa shape index (κ3) is 4.36. The molecular formula is C22H17N5OS. The second-order valence-corrected chi connectivity index (χ2v) is 6.62. The molecule has 2 aromatic heterocycles. The van der Waals surface area contributed by atoms with E-state index in [0.717, 1.165) is 22.2 Å². The average molecular weight is 399 g/mol. The fraction of sp³-hybridized carbons (Fsp3) is 0. The van der Waals surface area contributed by atoms with Gasteiger partial charge in [0, 0.05) is 29.0 Å². The summed E-state index contributed by atoms with van der Waals surface area (Å²) in [6.07, 6.45) is 3.39. The molecule has 0 unspecified atom stereocenters. The van der Waals surface area contributed by atoms with Gasteiger partial charge in [0.1, 0.15) is 0 Å². The SMILES string of the molecule is O=C(NNC(=S)Nc1ccccc1)c1cc(-c2ccncc2)nc2ccccc12. The highest BCUT2D eigenvalue weighted by atomic mass is 32.1. The summed E-state index contributed by atoms with van der Waals surface area (Å²) in [5, 5.41) is 4.05. The van der Waals surface area contributed by atoms with Crippen molar-refractivity contribution in [3.63, 3.8) is 0 Å². The van der Waals surface area contributed by atoms with Crippen LogP contribution in [0.3, 0.4) is 0 Å². The Bertz CT molecular complexity index is 1170. The maximum atomic E-state index is 12.9. The molecule has 142 valence electrons. The Labute approximate surface area is 173 Å². The molecule has 0 aliphatic carbocycles. The number of carbonyl (C=O) groups excluding carboxylic acids is 1. The number of hydrazine groups is 1. The van der Waals surface area contributed by atoms with Crippen molar-refractivity contribution in [3.8, 4) is 11.3 Å². The van der Waals surface area contributed by atoms with E-state index in [4.69, 9.17) is 12.2 Å². The molecule has 0 spiro atoms. The Morgan fingerprint density at radius 3 is 2.38 bits per heavy atom. The highest BCUT2D eigenvalue weighted by Gasteiger charge is 2.14. The van der Waals surface area contributed by atoms with Gasteiger partial charge in [0.15, 0.2) is 5.11 Å². The van der Waals surface area contributed by atoms with Gasteiger partial charge < -0.3 is 5.32 Å². The molecule has 0 bridgehead atoms. The van der Waals surface area contributed by atoms with Gasteiger partial charge in [0.05, 0.1) is 16.8 Å². The maximum Gasteiger partial charge on any atom is 0.270 e. The molecule has 7 heteroatoms. The number of hydrogen-bond donors (Lipinski definition) is 3. The first-order valence-electron chi connectivity index (χ1n) is 8.93. The summed E-state index contributed by atoms with van der Waals surface area (Å²) in [7, 11) is 0. The fourth-order valence-corrected chi connectivity index (χ4v) is 3.07. The third-order valence-electron chi connectivity index (χ3n) is 4.26. The summed E-state index contributed by atoms with van der Waals surface area (Å²) in [5.41, 5.74) is 9.04. The first-order chi connectivity index (χ1) is 14.2. The number of hydrogen-bond acceptors (Lipinski definition) is 4. The normalized spacial score (nSPS) is 10.3.